The second-order valence-electron chi connectivity index (χ2n) is 6.55. The Morgan fingerprint density at radius 2 is 1.68 bits per heavy atom. The fourth-order valence-corrected chi connectivity index (χ4v) is 3.13. The molecule has 146 valence electrons. The predicted molar refractivity (Wildman–Crippen MR) is 108 cm³/mol. The number of rotatable bonds is 8. The zero-order valence-corrected chi connectivity index (χ0v) is 16.3. The number of imide groups is 1. The van der Waals surface area contributed by atoms with Gasteiger partial charge in [-0.05, 0) is 31.0 Å². The first-order chi connectivity index (χ1) is 13.6. The van der Waals surface area contributed by atoms with Crippen molar-refractivity contribution in [3.05, 3.63) is 65.4 Å². The molecule has 0 atom stereocenters. The minimum atomic E-state index is -0.345. The fourth-order valence-electron chi connectivity index (χ4n) is 3.13. The third kappa shape index (κ3) is 3.92. The zero-order valence-electron chi connectivity index (χ0n) is 16.3. The molecule has 0 saturated heterocycles. The summed E-state index contributed by atoms with van der Waals surface area (Å²) in [7, 11) is 3.16. The third-order valence-electron chi connectivity index (χ3n) is 4.61. The van der Waals surface area contributed by atoms with Gasteiger partial charge in [0.1, 0.15) is 11.4 Å². The van der Waals surface area contributed by atoms with E-state index in [1.807, 2.05) is 49.4 Å². The molecule has 0 spiro atoms. The van der Waals surface area contributed by atoms with Gasteiger partial charge in [0.15, 0.2) is 0 Å². The van der Waals surface area contributed by atoms with Crippen LogP contribution in [0.3, 0.4) is 0 Å². The average Bonchev–Trinajstić information content (AvgIpc) is 2.93. The van der Waals surface area contributed by atoms with Gasteiger partial charge in [0.25, 0.3) is 11.8 Å². The van der Waals surface area contributed by atoms with Crippen LogP contribution in [0.15, 0.2) is 54.2 Å². The van der Waals surface area contributed by atoms with Crippen molar-refractivity contribution in [2.45, 2.75) is 13.3 Å². The maximum absolute atomic E-state index is 13.1. The van der Waals surface area contributed by atoms with E-state index in [4.69, 9.17) is 9.47 Å². The lowest BCUT2D eigenvalue weighted by Gasteiger charge is -2.15. The Morgan fingerprint density at radius 1 is 0.964 bits per heavy atom. The van der Waals surface area contributed by atoms with Crippen LogP contribution in [0.2, 0.25) is 0 Å². The van der Waals surface area contributed by atoms with Gasteiger partial charge in [-0.2, -0.15) is 0 Å². The number of carbonyl (C=O) groups excluding carboxylic acids is 2. The molecule has 0 aromatic heterocycles. The topological polar surface area (TPSA) is 67.9 Å². The molecule has 28 heavy (non-hydrogen) atoms. The Balaban J connectivity index is 2.01. The van der Waals surface area contributed by atoms with Crippen molar-refractivity contribution in [1.29, 1.82) is 0 Å². The molecule has 1 aliphatic heterocycles. The summed E-state index contributed by atoms with van der Waals surface area (Å²) < 4.78 is 10.4. The standard InChI is InChI=1S/C22H24N2O4/c1-15-9-11-16(12-10-15)19-20(23-17-7-4-5-8-18(17)28-3)22(26)24(21(19)25)13-6-14-27-2/h4-5,7-12,23H,6,13-14H2,1-3H3. The Kier molecular flexibility index (Phi) is 6.11. The van der Waals surface area contributed by atoms with Gasteiger partial charge < -0.3 is 14.8 Å². The number of hydrogen-bond acceptors (Lipinski definition) is 5. The minimum Gasteiger partial charge on any atom is -0.495 e. The Hall–Kier alpha value is -3.12. The van der Waals surface area contributed by atoms with E-state index >= 15 is 0 Å². The fraction of sp³-hybridized carbons (Fsp3) is 0.273. The normalized spacial score (nSPS) is 14.0. The Bertz CT molecular complexity index is 903. The van der Waals surface area contributed by atoms with Crippen molar-refractivity contribution in [3.63, 3.8) is 0 Å². The second kappa shape index (κ2) is 8.71. The highest BCUT2D eigenvalue weighted by Crippen LogP contribution is 2.33. The number of aryl methyl sites for hydroxylation is 1. The second-order valence-corrected chi connectivity index (χ2v) is 6.55. The molecule has 0 saturated carbocycles. The molecule has 2 amide bonds. The van der Waals surface area contributed by atoms with Gasteiger partial charge in [0.2, 0.25) is 0 Å². The molecular weight excluding hydrogens is 356 g/mol. The lowest BCUT2D eigenvalue weighted by Crippen LogP contribution is -2.33. The first kappa shape index (κ1) is 19.6. The molecule has 2 aromatic carbocycles. The number of nitrogens with one attached hydrogen (secondary N) is 1. The van der Waals surface area contributed by atoms with Gasteiger partial charge in [0, 0.05) is 20.3 Å². The number of amides is 2. The maximum Gasteiger partial charge on any atom is 0.278 e. The SMILES string of the molecule is COCCCN1C(=O)C(Nc2ccccc2OC)=C(c2ccc(C)cc2)C1=O. The molecule has 6 nitrogen and oxygen atoms in total. The number of ether oxygens (including phenoxy) is 2. The molecule has 0 bridgehead atoms. The average molecular weight is 380 g/mol. The monoisotopic (exact) mass is 380 g/mol. The molecule has 1 N–H and O–H groups in total. The maximum atomic E-state index is 13.1. The van der Waals surface area contributed by atoms with E-state index in [0.29, 0.717) is 42.1 Å². The van der Waals surface area contributed by atoms with E-state index < -0.39 is 0 Å². The van der Waals surface area contributed by atoms with E-state index in [-0.39, 0.29) is 17.5 Å². The predicted octanol–water partition coefficient (Wildman–Crippen LogP) is 3.23. The van der Waals surface area contributed by atoms with E-state index in [9.17, 15) is 9.59 Å². The van der Waals surface area contributed by atoms with Crippen molar-refractivity contribution < 1.29 is 19.1 Å². The summed E-state index contributed by atoms with van der Waals surface area (Å²) in [6.45, 7) is 2.76. The summed E-state index contributed by atoms with van der Waals surface area (Å²) >= 11 is 0. The minimum absolute atomic E-state index is 0.260. The lowest BCUT2D eigenvalue weighted by molar-refractivity contribution is -0.136. The summed E-state index contributed by atoms with van der Waals surface area (Å²) in [5.41, 5.74) is 3.04. The number of hydrogen-bond donors (Lipinski definition) is 1. The quantitative estimate of drug-likeness (QED) is 0.563. The molecule has 6 heteroatoms. The summed E-state index contributed by atoms with van der Waals surface area (Å²) in [6, 6.07) is 14.9. The van der Waals surface area contributed by atoms with Crippen LogP contribution in [0.5, 0.6) is 5.75 Å². The number of benzene rings is 2. The van der Waals surface area contributed by atoms with E-state index in [1.165, 1.54) is 4.90 Å². The van der Waals surface area contributed by atoms with Crippen LogP contribution in [-0.2, 0) is 14.3 Å². The number of para-hydroxylation sites is 2. The van der Waals surface area contributed by atoms with Crippen LogP contribution in [0.4, 0.5) is 5.69 Å². The highest BCUT2D eigenvalue weighted by Gasteiger charge is 2.39. The van der Waals surface area contributed by atoms with Gasteiger partial charge in [-0.1, -0.05) is 42.0 Å². The molecule has 0 aliphatic carbocycles. The molecule has 1 aliphatic rings. The van der Waals surface area contributed by atoms with Crippen LogP contribution in [0, 0.1) is 6.92 Å². The number of carbonyl (C=O) groups is 2. The Labute approximate surface area is 164 Å². The van der Waals surface area contributed by atoms with E-state index in [1.54, 1.807) is 20.3 Å². The summed E-state index contributed by atoms with van der Waals surface area (Å²) in [6.07, 6.45) is 0.580. The van der Waals surface area contributed by atoms with Crippen molar-refractivity contribution in [2.24, 2.45) is 0 Å². The molecule has 3 rings (SSSR count). The molecular formula is C22H24N2O4. The van der Waals surface area contributed by atoms with Crippen LogP contribution in [-0.4, -0.2) is 44.1 Å². The lowest BCUT2D eigenvalue weighted by atomic mass is 10.0. The van der Waals surface area contributed by atoms with Crippen molar-refractivity contribution in [3.8, 4) is 5.75 Å². The molecule has 1 heterocycles. The van der Waals surface area contributed by atoms with E-state index in [2.05, 4.69) is 5.32 Å². The van der Waals surface area contributed by atoms with Gasteiger partial charge in [-0.15, -0.1) is 0 Å². The van der Waals surface area contributed by atoms with Gasteiger partial charge in [-0.25, -0.2) is 0 Å². The van der Waals surface area contributed by atoms with Crippen LogP contribution < -0.4 is 10.1 Å². The summed E-state index contributed by atoms with van der Waals surface area (Å²) in [5, 5.41) is 3.14. The number of methoxy groups -OCH3 is 2. The zero-order chi connectivity index (χ0) is 20.1. The highest BCUT2D eigenvalue weighted by atomic mass is 16.5. The smallest absolute Gasteiger partial charge is 0.278 e. The van der Waals surface area contributed by atoms with Crippen molar-refractivity contribution in [2.75, 3.05) is 32.7 Å². The molecule has 0 unspecified atom stereocenters. The van der Waals surface area contributed by atoms with Gasteiger partial charge >= 0.3 is 0 Å². The van der Waals surface area contributed by atoms with Crippen LogP contribution in [0.1, 0.15) is 17.5 Å². The first-order valence-corrected chi connectivity index (χ1v) is 9.13. The summed E-state index contributed by atoms with van der Waals surface area (Å²) in [4.78, 5) is 27.4. The molecule has 0 fully saturated rings. The van der Waals surface area contributed by atoms with Crippen LogP contribution >= 0.6 is 0 Å². The van der Waals surface area contributed by atoms with Crippen molar-refractivity contribution >= 4 is 23.1 Å². The van der Waals surface area contributed by atoms with Gasteiger partial charge in [-0.3, -0.25) is 14.5 Å². The van der Waals surface area contributed by atoms with Crippen LogP contribution in [0.25, 0.3) is 5.57 Å². The summed E-state index contributed by atoms with van der Waals surface area (Å²) in [5.74, 6) is -0.0544. The molecule has 2 aromatic rings. The van der Waals surface area contributed by atoms with Gasteiger partial charge in [0.05, 0.1) is 18.4 Å². The third-order valence-corrected chi connectivity index (χ3v) is 4.61. The Morgan fingerprint density at radius 3 is 2.36 bits per heavy atom. The highest BCUT2D eigenvalue weighted by molar-refractivity contribution is 6.36. The number of nitrogens with zero attached hydrogens (tertiary/aromatic N) is 1. The first-order valence-electron chi connectivity index (χ1n) is 9.13. The number of anilines is 1. The molecule has 0 radical (unpaired) electrons. The largest absolute Gasteiger partial charge is 0.495 e. The van der Waals surface area contributed by atoms with E-state index in [0.717, 1.165) is 5.56 Å². The van der Waals surface area contributed by atoms with Crippen molar-refractivity contribution in [1.82, 2.24) is 4.90 Å².